The second-order valence-corrected chi connectivity index (χ2v) is 6.40. The highest BCUT2D eigenvalue weighted by Crippen LogP contribution is 2.54. The first-order valence-corrected chi connectivity index (χ1v) is 7.22. The number of carbonyl (C=O) groups is 2. The Hall–Kier alpha value is -1.16. The molecule has 4 heteroatoms. The van der Waals surface area contributed by atoms with Crippen LogP contribution in [0.1, 0.15) is 44.9 Å². The Balaban J connectivity index is 1.75. The second-order valence-electron chi connectivity index (χ2n) is 6.40. The number of cyclic esters (lactones) is 1. The van der Waals surface area contributed by atoms with Gasteiger partial charge >= 0.3 is 5.97 Å². The minimum absolute atomic E-state index is 0.148. The van der Waals surface area contributed by atoms with Gasteiger partial charge in [-0.15, -0.1) is 0 Å². The monoisotopic (exact) mass is 262 g/mol. The molecule has 1 saturated carbocycles. The SMILES string of the molecule is O=C1CC2(CO1)CC1=C(C2=O)C2(CCCC2)OCC1. The smallest absolute Gasteiger partial charge is 0.306 e. The molecular weight excluding hydrogens is 244 g/mol. The van der Waals surface area contributed by atoms with Crippen LogP contribution in [0.25, 0.3) is 0 Å². The van der Waals surface area contributed by atoms with Gasteiger partial charge in [0.15, 0.2) is 5.78 Å². The Morgan fingerprint density at radius 1 is 1.05 bits per heavy atom. The van der Waals surface area contributed by atoms with E-state index in [9.17, 15) is 9.59 Å². The molecule has 2 aliphatic heterocycles. The van der Waals surface area contributed by atoms with Gasteiger partial charge in [-0.3, -0.25) is 9.59 Å². The van der Waals surface area contributed by atoms with Crippen molar-refractivity contribution in [2.75, 3.05) is 13.2 Å². The van der Waals surface area contributed by atoms with Gasteiger partial charge in [-0.1, -0.05) is 18.4 Å². The summed E-state index contributed by atoms with van der Waals surface area (Å²) in [6.07, 6.45) is 6.01. The third-order valence-electron chi connectivity index (χ3n) is 5.26. The molecule has 0 aromatic heterocycles. The van der Waals surface area contributed by atoms with Crippen LogP contribution in [0.5, 0.6) is 0 Å². The van der Waals surface area contributed by atoms with Gasteiger partial charge in [-0.25, -0.2) is 0 Å². The zero-order chi connectivity index (χ0) is 13.1. The fourth-order valence-corrected chi connectivity index (χ4v) is 4.38. The Morgan fingerprint density at radius 2 is 1.84 bits per heavy atom. The summed E-state index contributed by atoms with van der Waals surface area (Å²) < 4.78 is 11.1. The van der Waals surface area contributed by atoms with Crippen LogP contribution in [-0.2, 0) is 19.1 Å². The molecule has 1 unspecified atom stereocenters. The summed E-state index contributed by atoms with van der Waals surface area (Å²) in [6.45, 7) is 0.991. The molecule has 0 aromatic rings. The van der Waals surface area contributed by atoms with Crippen molar-refractivity contribution in [3.05, 3.63) is 11.1 Å². The molecule has 19 heavy (non-hydrogen) atoms. The largest absolute Gasteiger partial charge is 0.465 e. The van der Waals surface area contributed by atoms with Crippen molar-refractivity contribution in [3.63, 3.8) is 0 Å². The highest BCUT2D eigenvalue weighted by atomic mass is 16.5. The molecule has 0 radical (unpaired) electrons. The van der Waals surface area contributed by atoms with Crippen LogP contribution >= 0.6 is 0 Å². The van der Waals surface area contributed by atoms with Crippen LogP contribution in [0.2, 0.25) is 0 Å². The molecule has 0 bridgehead atoms. The Morgan fingerprint density at radius 3 is 2.53 bits per heavy atom. The van der Waals surface area contributed by atoms with Gasteiger partial charge in [0.05, 0.1) is 24.0 Å². The number of rotatable bonds is 0. The van der Waals surface area contributed by atoms with E-state index in [1.54, 1.807) is 0 Å². The topological polar surface area (TPSA) is 52.6 Å². The van der Waals surface area contributed by atoms with Gasteiger partial charge in [0, 0.05) is 5.57 Å². The first-order valence-electron chi connectivity index (χ1n) is 7.22. The van der Waals surface area contributed by atoms with Gasteiger partial charge in [-0.2, -0.15) is 0 Å². The predicted octanol–water partition coefficient (Wildman–Crippen LogP) is 1.92. The first kappa shape index (κ1) is 11.6. The Bertz CT molecular complexity index is 498. The molecule has 0 aromatic carbocycles. The molecule has 2 aliphatic carbocycles. The van der Waals surface area contributed by atoms with E-state index < -0.39 is 5.41 Å². The molecule has 4 aliphatic rings. The lowest BCUT2D eigenvalue weighted by Crippen LogP contribution is -2.40. The van der Waals surface area contributed by atoms with Crippen LogP contribution in [0, 0.1) is 5.41 Å². The summed E-state index contributed by atoms with van der Waals surface area (Å²) in [6, 6.07) is 0. The van der Waals surface area contributed by atoms with Crippen LogP contribution < -0.4 is 0 Å². The van der Waals surface area contributed by atoms with E-state index in [0.717, 1.165) is 50.7 Å². The molecule has 4 nitrogen and oxygen atoms in total. The lowest BCUT2D eigenvalue weighted by Gasteiger charge is -2.35. The second kappa shape index (κ2) is 3.69. The maximum absolute atomic E-state index is 12.9. The van der Waals surface area contributed by atoms with Crippen LogP contribution in [0.4, 0.5) is 0 Å². The molecular formula is C15H18O4. The molecule has 0 amide bonds. The Labute approximate surface area is 112 Å². The number of esters is 1. The molecule has 4 rings (SSSR count). The lowest BCUT2D eigenvalue weighted by atomic mass is 9.79. The molecule has 102 valence electrons. The molecule has 2 heterocycles. The number of fused-ring (bicyclic) bond motifs is 1. The first-order chi connectivity index (χ1) is 9.15. The fourth-order valence-electron chi connectivity index (χ4n) is 4.38. The number of hydrogen-bond donors (Lipinski definition) is 0. The van der Waals surface area contributed by atoms with E-state index >= 15 is 0 Å². The third-order valence-corrected chi connectivity index (χ3v) is 5.26. The molecule has 1 saturated heterocycles. The van der Waals surface area contributed by atoms with Crippen molar-refractivity contribution in [2.24, 2.45) is 5.41 Å². The van der Waals surface area contributed by atoms with E-state index in [0.29, 0.717) is 0 Å². The van der Waals surface area contributed by atoms with Gasteiger partial charge in [-0.05, 0) is 25.7 Å². The molecule has 1 atom stereocenters. The zero-order valence-electron chi connectivity index (χ0n) is 11.0. The van der Waals surface area contributed by atoms with E-state index in [1.807, 2.05) is 0 Å². The highest BCUT2D eigenvalue weighted by Gasteiger charge is 2.58. The van der Waals surface area contributed by atoms with E-state index in [-0.39, 0.29) is 30.4 Å². The maximum Gasteiger partial charge on any atom is 0.306 e. The number of ether oxygens (including phenoxy) is 2. The van der Waals surface area contributed by atoms with Gasteiger partial charge < -0.3 is 9.47 Å². The lowest BCUT2D eigenvalue weighted by molar-refractivity contribution is -0.137. The molecule has 0 N–H and O–H groups in total. The summed E-state index contributed by atoms with van der Waals surface area (Å²) in [4.78, 5) is 24.3. The van der Waals surface area contributed by atoms with Crippen molar-refractivity contribution in [1.29, 1.82) is 0 Å². The summed E-state index contributed by atoms with van der Waals surface area (Å²) in [7, 11) is 0. The zero-order valence-corrected chi connectivity index (χ0v) is 11.0. The van der Waals surface area contributed by atoms with E-state index in [2.05, 4.69) is 0 Å². The van der Waals surface area contributed by atoms with Crippen molar-refractivity contribution in [3.8, 4) is 0 Å². The summed E-state index contributed by atoms with van der Waals surface area (Å²) in [5, 5.41) is 0. The maximum atomic E-state index is 12.9. The van der Waals surface area contributed by atoms with Crippen molar-refractivity contribution >= 4 is 11.8 Å². The predicted molar refractivity (Wildman–Crippen MR) is 66.4 cm³/mol. The molecule has 2 fully saturated rings. The van der Waals surface area contributed by atoms with Crippen molar-refractivity contribution < 1.29 is 19.1 Å². The van der Waals surface area contributed by atoms with Crippen molar-refractivity contribution in [1.82, 2.24) is 0 Å². The van der Waals surface area contributed by atoms with Crippen LogP contribution in [0.3, 0.4) is 0 Å². The third kappa shape index (κ3) is 1.43. The average molecular weight is 262 g/mol. The normalized spacial score (nSPS) is 36.4. The number of hydrogen-bond acceptors (Lipinski definition) is 4. The molecule has 2 spiro atoms. The van der Waals surface area contributed by atoms with E-state index in [4.69, 9.17) is 9.47 Å². The standard InChI is InChI=1S/C15H18O4/c16-11-8-14(9-18-11)7-10-3-6-19-15(4-1-2-5-15)12(10)13(14)17/h1-9H2. The number of carbonyl (C=O) groups excluding carboxylic acids is 2. The van der Waals surface area contributed by atoms with Gasteiger partial charge in [0.2, 0.25) is 0 Å². The van der Waals surface area contributed by atoms with Crippen LogP contribution in [-0.4, -0.2) is 30.6 Å². The number of ketones is 1. The fraction of sp³-hybridized carbons (Fsp3) is 0.733. The minimum atomic E-state index is -0.578. The highest BCUT2D eigenvalue weighted by molar-refractivity contribution is 6.07. The summed E-state index contributed by atoms with van der Waals surface area (Å²) in [5.41, 5.74) is 1.27. The van der Waals surface area contributed by atoms with Crippen molar-refractivity contribution in [2.45, 2.75) is 50.5 Å². The van der Waals surface area contributed by atoms with Crippen LogP contribution in [0.15, 0.2) is 11.1 Å². The number of Topliss-reactive ketones (excluding diaryl/α,β-unsaturated/α-hetero) is 1. The quantitative estimate of drug-likeness (QED) is 0.626. The van der Waals surface area contributed by atoms with E-state index in [1.165, 1.54) is 5.57 Å². The van der Waals surface area contributed by atoms with Gasteiger partial charge in [0.1, 0.15) is 6.61 Å². The Kier molecular flexibility index (Phi) is 2.26. The summed E-state index contributed by atoms with van der Waals surface area (Å²) >= 11 is 0. The minimum Gasteiger partial charge on any atom is -0.465 e. The van der Waals surface area contributed by atoms with Gasteiger partial charge in [0.25, 0.3) is 0 Å². The average Bonchev–Trinajstić information content (AvgIpc) is 3.04. The summed E-state index contributed by atoms with van der Waals surface area (Å²) in [5.74, 6) is -0.0791.